The summed E-state index contributed by atoms with van der Waals surface area (Å²) in [5.41, 5.74) is 1.75. The van der Waals surface area contributed by atoms with E-state index in [1.807, 2.05) is 29.1 Å². The zero-order valence-electron chi connectivity index (χ0n) is 16.1. The van der Waals surface area contributed by atoms with Crippen molar-refractivity contribution in [2.75, 3.05) is 20.2 Å². The van der Waals surface area contributed by atoms with Gasteiger partial charge < -0.3 is 14.3 Å². The number of methoxy groups -OCH3 is 1. The van der Waals surface area contributed by atoms with Crippen molar-refractivity contribution < 1.29 is 14.3 Å². The van der Waals surface area contributed by atoms with E-state index in [9.17, 15) is 5.11 Å². The predicted molar refractivity (Wildman–Crippen MR) is 103 cm³/mol. The maximum atomic E-state index is 10.7. The van der Waals surface area contributed by atoms with Crippen molar-refractivity contribution in [1.29, 1.82) is 0 Å². The van der Waals surface area contributed by atoms with Gasteiger partial charge in [-0.1, -0.05) is 23.4 Å². The summed E-state index contributed by atoms with van der Waals surface area (Å²) in [5, 5.41) is 20.3. The van der Waals surface area contributed by atoms with E-state index in [2.05, 4.69) is 27.3 Å². The van der Waals surface area contributed by atoms with Crippen molar-refractivity contribution in [3.63, 3.8) is 0 Å². The minimum absolute atomic E-state index is 0.00879. The van der Waals surface area contributed by atoms with Crippen molar-refractivity contribution >= 4 is 11.0 Å². The molecular formula is C21H26N4O3. The van der Waals surface area contributed by atoms with Crippen LogP contribution in [0, 0.1) is 11.8 Å². The van der Waals surface area contributed by atoms with Gasteiger partial charge in [0.05, 0.1) is 31.5 Å². The quantitative estimate of drug-likeness (QED) is 0.731. The smallest absolute Gasteiger partial charge is 0.134 e. The Morgan fingerprint density at radius 3 is 2.86 bits per heavy atom. The van der Waals surface area contributed by atoms with Crippen molar-refractivity contribution in [3.05, 3.63) is 48.0 Å². The SMILES string of the molecule is COCc1cn([C@@H]2C[C@@H]3CN(Cc4cc5ccccc5o4)C[C@@H]3C[C@H]2O)nn1. The lowest BCUT2D eigenvalue weighted by Crippen LogP contribution is -2.36. The number of nitrogens with zero attached hydrogens (tertiary/aromatic N) is 4. The number of aromatic nitrogens is 3. The van der Waals surface area contributed by atoms with E-state index in [0.29, 0.717) is 18.4 Å². The molecule has 1 aliphatic carbocycles. The third-order valence-electron chi connectivity index (χ3n) is 6.23. The van der Waals surface area contributed by atoms with Gasteiger partial charge in [-0.15, -0.1) is 5.10 Å². The topological polar surface area (TPSA) is 76.5 Å². The average Bonchev–Trinajstić information content (AvgIpc) is 3.38. The minimum Gasteiger partial charge on any atom is -0.460 e. The molecule has 1 N–H and O–H groups in total. The van der Waals surface area contributed by atoms with Crippen molar-refractivity contribution in [2.45, 2.75) is 38.1 Å². The van der Waals surface area contributed by atoms with Gasteiger partial charge in [0.15, 0.2) is 0 Å². The summed E-state index contributed by atoms with van der Waals surface area (Å²) in [6.07, 6.45) is 3.26. The highest BCUT2D eigenvalue weighted by molar-refractivity contribution is 5.77. The van der Waals surface area contributed by atoms with Crippen molar-refractivity contribution in [3.8, 4) is 0 Å². The largest absolute Gasteiger partial charge is 0.460 e. The molecule has 1 aliphatic heterocycles. The molecule has 28 heavy (non-hydrogen) atoms. The maximum absolute atomic E-state index is 10.7. The molecule has 1 saturated heterocycles. The van der Waals surface area contributed by atoms with Gasteiger partial charge in [0.25, 0.3) is 0 Å². The molecule has 4 atom stereocenters. The second kappa shape index (κ2) is 7.31. The van der Waals surface area contributed by atoms with Gasteiger partial charge in [0, 0.05) is 25.6 Å². The highest BCUT2D eigenvalue weighted by Gasteiger charge is 2.42. The number of furan rings is 1. The molecular weight excluding hydrogens is 356 g/mol. The molecule has 0 radical (unpaired) electrons. The summed E-state index contributed by atoms with van der Waals surface area (Å²) >= 11 is 0. The first-order valence-electron chi connectivity index (χ1n) is 9.97. The second-order valence-electron chi connectivity index (χ2n) is 8.19. The summed E-state index contributed by atoms with van der Waals surface area (Å²) in [6, 6.07) is 10.3. The van der Waals surface area contributed by atoms with Gasteiger partial charge in [-0.25, -0.2) is 4.68 Å². The zero-order valence-corrected chi connectivity index (χ0v) is 16.1. The molecule has 148 valence electrons. The lowest BCUT2D eigenvalue weighted by atomic mass is 9.77. The zero-order chi connectivity index (χ0) is 19.1. The number of aliphatic hydroxyl groups excluding tert-OH is 1. The number of para-hydroxylation sites is 1. The first-order valence-corrected chi connectivity index (χ1v) is 9.97. The highest BCUT2D eigenvalue weighted by Crippen LogP contribution is 2.41. The first-order chi connectivity index (χ1) is 13.7. The highest BCUT2D eigenvalue weighted by atomic mass is 16.5. The Balaban J connectivity index is 1.26. The lowest BCUT2D eigenvalue weighted by Gasteiger charge is -2.35. The van der Waals surface area contributed by atoms with Crippen LogP contribution in [0.25, 0.3) is 11.0 Å². The van der Waals surface area contributed by atoms with Crippen LogP contribution in [-0.4, -0.2) is 51.3 Å². The second-order valence-corrected chi connectivity index (χ2v) is 8.19. The monoisotopic (exact) mass is 382 g/mol. The van der Waals surface area contributed by atoms with E-state index >= 15 is 0 Å². The third-order valence-corrected chi connectivity index (χ3v) is 6.23. The number of fused-ring (bicyclic) bond motifs is 2. The number of aliphatic hydroxyl groups is 1. The van der Waals surface area contributed by atoms with Gasteiger partial charge in [0.1, 0.15) is 17.0 Å². The average molecular weight is 382 g/mol. The fraction of sp³-hybridized carbons (Fsp3) is 0.524. The molecule has 2 aliphatic rings. The van der Waals surface area contributed by atoms with E-state index in [-0.39, 0.29) is 12.1 Å². The molecule has 7 heteroatoms. The Labute approximate surface area is 163 Å². The molecule has 0 unspecified atom stereocenters. The molecule has 2 aromatic heterocycles. The molecule has 3 aromatic rings. The molecule has 5 rings (SSSR count). The van der Waals surface area contributed by atoms with E-state index in [0.717, 1.165) is 54.9 Å². The van der Waals surface area contributed by atoms with Crippen molar-refractivity contribution in [1.82, 2.24) is 19.9 Å². The Morgan fingerprint density at radius 2 is 2.04 bits per heavy atom. The molecule has 0 bridgehead atoms. The molecule has 2 fully saturated rings. The maximum Gasteiger partial charge on any atom is 0.134 e. The molecule has 7 nitrogen and oxygen atoms in total. The van der Waals surface area contributed by atoms with Crippen molar-refractivity contribution in [2.24, 2.45) is 11.8 Å². The van der Waals surface area contributed by atoms with Gasteiger partial charge in [-0.3, -0.25) is 4.90 Å². The summed E-state index contributed by atoms with van der Waals surface area (Å²) < 4.78 is 12.9. The van der Waals surface area contributed by atoms with Crippen LogP contribution >= 0.6 is 0 Å². The molecule has 1 saturated carbocycles. The molecule has 0 amide bonds. The fourth-order valence-electron chi connectivity index (χ4n) is 4.94. The van der Waals surface area contributed by atoms with Gasteiger partial charge >= 0.3 is 0 Å². The summed E-state index contributed by atoms with van der Waals surface area (Å²) in [4.78, 5) is 2.46. The van der Waals surface area contributed by atoms with Gasteiger partial charge in [-0.2, -0.15) is 0 Å². The Bertz CT molecular complexity index is 919. The van der Waals surface area contributed by atoms with Crippen LogP contribution in [-0.2, 0) is 17.9 Å². The number of hydrogen-bond donors (Lipinski definition) is 1. The number of likely N-dealkylation sites (tertiary alicyclic amines) is 1. The van der Waals surface area contributed by atoms with Crippen LogP contribution in [0.15, 0.2) is 40.9 Å². The predicted octanol–water partition coefficient (Wildman–Crippen LogP) is 2.61. The minimum atomic E-state index is -0.385. The summed E-state index contributed by atoms with van der Waals surface area (Å²) in [6.45, 7) is 3.31. The molecule has 0 spiro atoms. The van der Waals surface area contributed by atoms with Gasteiger partial charge in [-0.05, 0) is 36.8 Å². The van der Waals surface area contributed by atoms with Crippen LogP contribution in [0.1, 0.15) is 30.3 Å². The van der Waals surface area contributed by atoms with E-state index < -0.39 is 0 Å². The lowest BCUT2D eigenvalue weighted by molar-refractivity contribution is 0.0298. The van der Waals surface area contributed by atoms with Gasteiger partial charge in [0.2, 0.25) is 0 Å². The Hall–Kier alpha value is -2.22. The van der Waals surface area contributed by atoms with E-state index in [1.54, 1.807) is 7.11 Å². The van der Waals surface area contributed by atoms with Crippen LogP contribution in [0.3, 0.4) is 0 Å². The number of hydrogen-bond acceptors (Lipinski definition) is 6. The van der Waals surface area contributed by atoms with Crippen LogP contribution in [0.5, 0.6) is 0 Å². The number of rotatable bonds is 5. The number of ether oxygens (including phenoxy) is 1. The van der Waals surface area contributed by atoms with Crippen LogP contribution < -0.4 is 0 Å². The van der Waals surface area contributed by atoms with E-state index in [1.165, 1.54) is 0 Å². The summed E-state index contributed by atoms with van der Waals surface area (Å²) in [5.74, 6) is 2.10. The number of benzene rings is 1. The third kappa shape index (κ3) is 3.34. The molecule has 3 heterocycles. The first kappa shape index (κ1) is 17.8. The normalized spacial score (nSPS) is 28.1. The van der Waals surface area contributed by atoms with Crippen LogP contribution in [0.4, 0.5) is 0 Å². The van der Waals surface area contributed by atoms with E-state index in [4.69, 9.17) is 9.15 Å². The Kier molecular flexibility index (Phi) is 4.66. The van der Waals surface area contributed by atoms with Crippen LogP contribution in [0.2, 0.25) is 0 Å². The Morgan fingerprint density at radius 1 is 1.21 bits per heavy atom. The standard InChI is InChI=1S/C21H26N4O3/c1-27-13-17-11-25(23-22-17)19-7-15-9-24(10-16(15)8-20(19)26)12-18-6-14-4-2-3-5-21(14)28-18/h2-6,11,15-16,19-20,26H,7-10,12-13H2,1H3/t15-,16+,19-,20-/m1/s1. The summed E-state index contributed by atoms with van der Waals surface area (Å²) in [7, 11) is 1.65. The molecule has 1 aromatic carbocycles. The fourth-order valence-corrected chi connectivity index (χ4v) is 4.94.